The first-order chi connectivity index (χ1) is 10.7. The Balaban J connectivity index is 2.19. The van der Waals surface area contributed by atoms with Gasteiger partial charge in [-0.05, 0) is 68.3 Å². The predicted molar refractivity (Wildman–Crippen MR) is 86.0 cm³/mol. The van der Waals surface area contributed by atoms with E-state index in [0.717, 1.165) is 24.3 Å². The van der Waals surface area contributed by atoms with Gasteiger partial charge in [-0.2, -0.15) is 0 Å². The van der Waals surface area contributed by atoms with Crippen molar-refractivity contribution in [2.75, 3.05) is 0 Å². The number of carbonyl (C=O) groups is 1. The molecule has 0 aliphatic carbocycles. The molecular formula is C13H8Br2F2N2O3S. The highest BCUT2D eigenvalue weighted by Crippen LogP contribution is 2.30. The summed E-state index contributed by atoms with van der Waals surface area (Å²) in [5, 5.41) is 0. The first-order valence-corrected chi connectivity index (χ1v) is 9.00. The second kappa shape index (κ2) is 7.04. The number of hydrazine groups is 1. The van der Waals surface area contributed by atoms with Crippen LogP contribution < -0.4 is 10.3 Å². The number of nitrogens with one attached hydrogen (secondary N) is 2. The molecule has 0 aliphatic heterocycles. The number of hydrogen-bond acceptors (Lipinski definition) is 3. The summed E-state index contributed by atoms with van der Waals surface area (Å²) in [5.74, 6) is -1.94. The maximum atomic E-state index is 13.2. The highest BCUT2D eigenvalue weighted by atomic mass is 79.9. The van der Waals surface area contributed by atoms with E-state index in [1.165, 1.54) is 12.1 Å². The van der Waals surface area contributed by atoms with E-state index in [4.69, 9.17) is 0 Å². The lowest BCUT2D eigenvalue weighted by Crippen LogP contribution is -2.41. The molecule has 1 amide bonds. The molecule has 0 bridgehead atoms. The number of carbonyl (C=O) groups excluding carboxylic acids is 1. The number of sulfonamides is 1. The molecule has 10 heteroatoms. The number of amides is 1. The molecule has 0 saturated heterocycles. The average molecular weight is 470 g/mol. The summed E-state index contributed by atoms with van der Waals surface area (Å²) in [6.45, 7) is 0. The highest BCUT2D eigenvalue weighted by Gasteiger charge is 2.23. The fourth-order valence-electron chi connectivity index (χ4n) is 1.62. The SMILES string of the molecule is O=C(NNS(=O)(=O)c1c(Br)cc(F)cc1Br)c1ccc(F)cc1. The van der Waals surface area contributed by atoms with Crippen molar-refractivity contribution in [1.82, 2.24) is 10.3 Å². The normalized spacial score (nSPS) is 11.3. The maximum Gasteiger partial charge on any atom is 0.266 e. The maximum absolute atomic E-state index is 13.2. The molecule has 5 nitrogen and oxygen atoms in total. The quantitative estimate of drug-likeness (QED) is 0.675. The summed E-state index contributed by atoms with van der Waals surface area (Å²) in [6, 6.07) is 6.47. The molecule has 2 aromatic rings. The van der Waals surface area contributed by atoms with E-state index in [0.29, 0.717) is 0 Å². The minimum absolute atomic E-state index is 0.0205. The van der Waals surface area contributed by atoms with E-state index in [9.17, 15) is 22.0 Å². The van der Waals surface area contributed by atoms with Crippen LogP contribution in [0.2, 0.25) is 0 Å². The molecule has 2 aromatic carbocycles. The van der Waals surface area contributed by atoms with Crippen LogP contribution in [0, 0.1) is 11.6 Å². The first-order valence-electron chi connectivity index (χ1n) is 5.93. The van der Waals surface area contributed by atoms with Crippen molar-refractivity contribution in [2.24, 2.45) is 0 Å². The van der Waals surface area contributed by atoms with Gasteiger partial charge < -0.3 is 0 Å². The lowest BCUT2D eigenvalue weighted by atomic mass is 10.2. The van der Waals surface area contributed by atoms with Crippen molar-refractivity contribution < 1.29 is 22.0 Å². The lowest BCUT2D eigenvalue weighted by Gasteiger charge is -2.11. The highest BCUT2D eigenvalue weighted by molar-refractivity contribution is 9.11. The van der Waals surface area contributed by atoms with E-state index in [1.54, 1.807) is 0 Å². The molecule has 2 N–H and O–H groups in total. The van der Waals surface area contributed by atoms with E-state index >= 15 is 0 Å². The van der Waals surface area contributed by atoms with Crippen molar-refractivity contribution in [3.63, 3.8) is 0 Å². The summed E-state index contributed by atoms with van der Waals surface area (Å²) in [6.07, 6.45) is 0. The topological polar surface area (TPSA) is 75.3 Å². The van der Waals surface area contributed by atoms with E-state index in [1.807, 2.05) is 10.3 Å². The molecule has 0 spiro atoms. The van der Waals surface area contributed by atoms with Crippen LogP contribution in [0.1, 0.15) is 10.4 Å². The molecule has 0 atom stereocenters. The zero-order chi connectivity index (χ0) is 17.2. The number of halogens is 4. The molecular weight excluding hydrogens is 462 g/mol. The molecule has 0 unspecified atom stereocenters. The number of rotatable bonds is 4. The third-order valence-corrected chi connectivity index (χ3v) is 5.76. The Morgan fingerprint density at radius 2 is 1.48 bits per heavy atom. The largest absolute Gasteiger partial charge is 0.273 e. The summed E-state index contributed by atoms with van der Waals surface area (Å²) in [5.41, 5.74) is 2.05. The predicted octanol–water partition coefficient (Wildman–Crippen LogP) is 3.11. The smallest absolute Gasteiger partial charge is 0.266 e. The van der Waals surface area contributed by atoms with Gasteiger partial charge in [-0.15, -0.1) is 4.83 Å². The zero-order valence-corrected chi connectivity index (χ0v) is 15.1. The van der Waals surface area contributed by atoms with Gasteiger partial charge >= 0.3 is 0 Å². The van der Waals surface area contributed by atoms with Gasteiger partial charge in [0.25, 0.3) is 15.9 Å². The van der Waals surface area contributed by atoms with Gasteiger partial charge in [0.1, 0.15) is 16.5 Å². The summed E-state index contributed by atoms with van der Waals surface area (Å²) in [7, 11) is -4.17. The molecule has 0 heterocycles. The van der Waals surface area contributed by atoms with Gasteiger partial charge in [-0.3, -0.25) is 10.2 Å². The standard InChI is InChI=1S/C13H8Br2F2N2O3S/c14-10-5-9(17)6-11(15)12(10)23(21,22)19-18-13(20)7-1-3-8(16)4-2-7/h1-6,19H,(H,18,20). The molecule has 2 rings (SSSR count). The van der Waals surface area contributed by atoms with Crippen LogP contribution in [0.15, 0.2) is 50.2 Å². The number of benzene rings is 2. The molecule has 122 valence electrons. The third-order valence-electron chi connectivity index (χ3n) is 2.64. The molecule has 23 heavy (non-hydrogen) atoms. The van der Waals surface area contributed by atoms with Crippen LogP contribution in [0.25, 0.3) is 0 Å². The van der Waals surface area contributed by atoms with Crippen LogP contribution >= 0.6 is 31.9 Å². The Hall–Kier alpha value is -1.36. The van der Waals surface area contributed by atoms with Crippen LogP contribution in [0.5, 0.6) is 0 Å². The monoisotopic (exact) mass is 468 g/mol. The summed E-state index contributed by atoms with van der Waals surface area (Å²) >= 11 is 5.90. The molecule has 0 aromatic heterocycles. The Bertz CT molecular complexity index is 835. The van der Waals surface area contributed by atoms with Gasteiger partial charge in [0.15, 0.2) is 0 Å². The average Bonchev–Trinajstić information content (AvgIpc) is 2.44. The van der Waals surface area contributed by atoms with Gasteiger partial charge in [0.05, 0.1) is 0 Å². The Labute approximate surface area is 147 Å². The van der Waals surface area contributed by atoms with Gasteiger partial charge in [0, 0.05) is 14.5 Å². The Kier molecular flexibility index (Phi) is 5.50. The Morgan fingerprint density at radius 3 is 2.00 bits per heavy atom. The number of hydrogen-bond donors (Lipinski definition) is 2. The van der Waals surface area contributed by atoms with Crippen LogP contribution in [0.3, 0.4) is 0 Å². The Morgan fingerprint density at radius 1 is 0.957 bits per heavy atom. The molecule has 0 aliphatic rings. The second-order valence-electron chi connectivity index (χ2n) is 4.27. The van der Waals surface area contributed by atoms with Gasteiger partial charge in [-0.25, -0.2) is 17.2 Å². The second-order valence-corrected chi connectivity index (χ2v) is 7.59. The molecule has 0 fully saturated rings. The van der Waals surface area contributed by atoms with E-state index in [2.05, 4.69) is 31.9 Å². The minimum atomic E-state index is -4.17. The van der Waals surface area contributed by atoms with Crippen molar-refractivity contribution in [2.45, 2.75) is 4.90 Å². The zero-order valence-electron chi connectivity index (χ0n) is 11.1. The van der Waals surface area contributed by atoms with Crippen LogP contribution in [-0.2, 0) is 10.0 Å². The minimum Gasteiger partial charge on any atom is -0.273 e. The molecule has 0 radical (unpaired) electrons. The van der Waals surface area contributed by atoms with Crippen molar-refractivity contribution >= 4 is 47.8 Å². The molecule has 0 saturated carbocycles. The fourth-order valence-corrected chi connectivity index (χ4v) is 4.99. The first kappa shape index (κ1) is 18.0. The van der Waals surface area contributed by atoms with Crippen molar-refractivity contribution in [3.8, 4) is 0 Å². The summed E-state index contributed by atoms with van der Waals surface area (Å²) in [4.78, 5) is 13.4. The van der Waals surface area contributed by atoms with E-state index in [-0.39, 0.29) is 19.4 Å². The fraction of sp³-hybridized carbons (Fsp3) is 0. The van der Waals surface area contributed by atoms with Crippen LogP contribution in [-0.4, -0.2) is 14.3 Å². The van der Waals surface area contributed by atoms with Gasteiger partial charge in [0.2, 0.25) is 0 Å². The van der Waals surface area contributed by atoms with Crippen LogP contribution in [0.4, 0.5) is 8.78 Å². The lowest BCUT2D eigenvalue weighted by molar-refractivity contribution is 0.0945. The van der Waals surface area contributed by atoms with Gasteiger partial charge in [-0.1, -0.05) is 0 Å². The van der Waals surface area contributed by atoms with E-state index < -0.39 is 27.6 Å². The van der Waals surface area contributed by atoms with Crippen molar-refractivity contribution in [1.29, 1.82) is 0 Å². The summed E-state index contributed by atoms with van der Waals surface area (Å²) < 4.78 is 50.3. The third kappa shape index (κ3) is 4.34. The van der Waals surface area contributed by atoms with Crippen molar-refractivity contribution in [3.05, 3.63) is 62.5 Å².